The van der Waals surface area contributed by atoms with Gasteiger partial charge in [0.1, 0.15) is 12.7 Å². The van der Waals surface area contributed by atoms with Crippen LogP contribution < -0.4 is 0 Å². The minimum atomic E-state index is -0.385. The Kier molecular flexibility index (Phi) is 3.39. The monoisotopic (exact) mass is 251 g/mol. The smallest absolute Gasteiger partial charge is 0.338 e. The molecule has 0 atom stereocenters. The molecular formula is C11H10ClN3O2. The first-order valence-corrected chi connectivity index (χ1v) is 5.42. The molecule has 0 aliphatic carbocycles. The lowest BCUT2D eigenvalue weighted by Gasteiger charge is -2.06. The second-order valence-corrected chi connectivity index (χ2v) is 3.66. The van der Waals surface area contributed by atoms with E-state index in [-0.39, 0.29) is 5.97 Å². The molecule has 2 rings (SSSR count). The second-order valence-electron chi connectivity index (χ2n) is 3.26. The molecule has 17 heavy (non-hydrogen) atoms. The maximum atomic E-state index is 11.5. The average molecular weight is 252 g/mol. The number of ether oxygens (including phenoxy) is 1. The van der Waals surface area contributed by atoms with Gasteiger partial charge in [0.15, 0.2) is 0 Å². The van der Waals surface area contributed by atoms with E-state index in [1.165, 1.54) is 12.7 Å². The van der Waals surface area contributed by atoms with Gasteiger partial charge < -0.3 is 4.74 Å². The Morgan fingerprint density at radius 2 is 2.12 bits per heavy atom. The van der Waals surface area contributed by atoms with Gasteiger partial charge in [-0.15, -0.1) is 10.2 Å². The van der Waals surface area contributed by atoms with Gasteiger partial charge in [-0.1, -0.05) is 11.6 Å². The molecule has 0 aliphatic heterocycles. The molecule has 0 radical (unpaired) electrons. The second kappa shape index (κ2) is 4.97. The van der Waals surface area contributed by atoms with Gasteiger partial charge in [0.05, 0.1) is 22.9 Å². The molecule has 2 aromatic rings. The predicted octanol–water partition coefficient (Wildman–Crippen LogP) is 2.10. The van der Waals surface area contributed by atoms with Gasteiger partial charge in [-0.25, -0.2) is 4.79 Å². The molecule has 0 aliphatic rings. The highest BCUT2D eigenvalue weighted by Gasteiger charge is 2.10. The Balaban J connectivity index is 2.32. The van der Waals surface area contributed by atoms with Gasteiger partial charge in [0.2, 0.25) is 0 Å². The Labute approximate surface area is 103 Å². The van der Waals surface area contributed by atoms with E-state index < -0.39 is 0 Å². The molecule has 0 fully saturated rings. The third-order valence-electron chi connectivity index (χ3n) is 2.16. The predicted molar refractivity (Wildman–Crippen MR) is 62.3 cm³/mol. The van der Waals surface area contributed by atoms with Gasteiger partial charge in [0, 0.05) is 0 Å². The largest absolute Gasteiger partial charge is 0.462 e. The zero-order valence-corrected chi connectivity index (χ0v) is 9.89. The Hall–Kier alpha value is -1.88. The van der Waals surface area contributed by atoms with E-state index in [1.54, 1.807) is 29.7 Å². The van der Waals surface area contributed by atoms with Crippen LogP contribution >= 0.6 is 11.6 Å². The molecule has 0 spiro atoms. The normalized spacial score (nSPS) is 10.2. The summed E-state index contributed by atoms with van der Waals surface area (Å²) in [5.74, 6) is -0.385. The Bertz CT molecular complexity index is 526. The molecule has 88 valence electrons. The zero-order chi connectivity index (χ0) is 12.3. The standard InChI is InChI=1S/C11H10ClN3O2/c1-2-17-11(16)8-3-4-10(9(12)5-8)15-6-13-14-7-15/h3-7H,2H2,1H3. The number of halogens is 1. The first kappa shape index (κ1) is 11.6. The summed E-state index contributed by atoms with van der Waals surface area (Å²) in [6.45, 7) is 2.09. The minimum absolute atomic E-state index is 0.337. The van der Waals surface area contributed by atoms with E-state index in [0.29, 0.717) is 22.9 Å². The van der Waals surface area contributed by atoms with Crippen LogP contribution in [-0.4, -0.2) is 27.3 Å². The molecule has 0 N–H and O–H groups in total. The maximum Gasteiger partial charge on any atom is 0.338 e. The summed E-state index contributed by atoms with van der Waals surface area (Å²) < 4.78 is 6.55. The van der Waals surface area contributed by atoms with E-state index in [4.69, 9.17) is 16.3 Å². The maximum absolute atomic E-state index is 11.5. The minimum Gasteiger partial charge on any atom is -0.462 e. The molecule has 0 saturated heterocycles. The molecule has 5 nitrogen and oxygen atoms in total. The lowest BCUT2D eigenvalue weighted by molar-refractivity contribution is 0.0526. The van der Waals surface area contributed by atoms with Crippen LogP contribution in [0.1, 0.15) is 17.3 Å². The molecule has 1 aromatic carbocycles. The number of carbonyl (C=O) groups is 1. The average Bonchev–Trinajstić information content (AvgIpc) is 2.82. The van der Waals surface area contributed by atoms with Crippen LogP contribution in [0.2, 0.25) is 5.02 Å². The molecule has 1 heterocycles. The number of benzene rings is 1. The highest BCUT2D eigenvalue weighted by atomic mass is 35.5. The van der Waals surface area contributed by atoms with Gasteiger partial charge in [-0.2, -0.15) is 0 Å². The van der Waals surface area contributed by atoms with Crippen molar-refractivity contribution in [3.63, 3.8) is 0 Å². The quantitative estimate of drug-likeness (QED) is 0.784. The number of esters is 1. The van der Waals surface area contributed by atoms with E-state index in [9.17, 15) is 4.79 Å². The van der Waals surface area contributed by atoms with Crippen molar-refractivity contribution in [2.45, 2.75) is 6.92 Å². The lowest BCUT2D eigenvalue weighted by atomic mass is 10.2. The van der Waals surface area contributed by atoms with Crippen molar-refractivity contribution in [3.05, 3.63) is 41.4 Å². The highest BCUT2D eigenvalue weighted by Crippen LogP contribution is 2.21. The fourth-order valence-corrected chi connectivity index (χ4v) is 1.66. The number of hydrogen-bond acceptors (Lipinski definition) is 4. The van der Waals surface area contributed by atoms with E-state index in [0.717, 1.165) is 0 Å². The van der Waals surface area contributed by atoms with Crippen LogP contribution in [0.15, 0.2) is 30.9 Å². The first-order valence-electron chi connectivity index (χ1n) is 5.04. The molecule has 6 heteroatoms. The van der Waals surface area contributed by atoms with Crippen molar-refractivity contribution in [2.75, 3.05) is 6.61 Å². The third-order valence-corrected chi connectivity index (χ3v) is 2.46. The van der Waals surface area contributed by atoms with Gasteiger partial charge >= 0.3 is 5.97 Å². The van der Waals surface area contributed by atoms with Crippen molar-refractivity contribution in [2.24, 2.45) is 0 Å². The van der Waals surface area contributed by atoms with Crippen LogP contribution in [-0.2, 0) is 4.74 Å². The number of aromatic nitrogens is 3. The van der Waals surface area contributed by atoms with Crippen molar-refractivity contribution in [1.82, 2.24) is 14.8 Å². The molecule has 1 aromatic heterocycles. The van der Waals surface area contributed by atoms with Gasteiger partial charge in [-0.3, -0.25) is 4.57 Å². The van der Waals surface area contributed by atoms with Gasteiger partial charge in [-0.05, 0) is 25.1 Å². The molecule has 0 amide bonds. The lowest BCUT2D eigenvalue weighted by Crippen LogP contribution is -2.05. The van der Waals surface area contributed by atoms with Crippen LogP contribution in [0.3, 0.4) is 0 Å². The Morgan fingerprint density at radius 1 is 1.41 bits per heavy atom. The SMILES string of the molecule is CCOC(=O)c1ccc(-n2cnnc2)c(Cl)c1. The summed E-state index contributed by atoms with van der Waals surface area (Å²) in [5, 5.41) is 7.82. The van der Waals surface area contributed by atoms with Crippen LogP contribution in [0.5, 0.6) is 0 Å². The summed E-state index contributed by atoms with van der Waals surface area (Å²) >= 11 is 6.08. The molecular weight excluding hydrogens is 242 g/mol. The van der Waals surface area contributed by atoms with Crippen molar-refractivity contribution in [3.8, 4) is 5.69 Å². The summed E-state index contributed by atoms with van der Waals surface area (Å²) in [6.07, 6.45) is 3.07. The third kappa shape index (κ3) is 2.45. The summed E-state index contributed by atoms with van der Waals surface area (Å²) in [6, 6.07) is 4.94. The van der Waals surface area contributed by atoms with Crippen molar-refractivity contribution < 1.29 is 9.53 Å². The molecule has 0 bridgehead atoms. The van der Waals surface area contributed by atoms with Crippen LogP contribution in [0.25, 0.3) is 5.69 Å². The van der Waals surface area contributed by atoms with Gasteiger partial charge in [0.25, 0.3) is 0 Å². The van der Waals surface area contributed by atoms with E-state index >= 15 is 0 Å². The summed E-state index contributed by atoms with van der Waals surface area (Å²) in [5.41, 5.74) is 1.14. The van der Waals surface area contributed by atoms with Crippen LogP contribution in [0, 0.1) is 0 Å². The topological polar surface area (TPSA) is 57.0 Å². The van der Waals surface area contributed by atoms with Crippen LogP contribution in [0.4, 0.5) is 0 Å². The first-order chi connectivity index (χ1) is 8.22. The molecule has 0 unspecified atom stereocenters. The zero-order valence-electron chi connectivity index (χ0n) is 9.13. The van der Waals surface area contributed by atoms with E-state index in [1.807, 2.05) is 0 Å². The summed E-state index contributed by atoms with van der Waals surface area (Å²) in [7, 11) is 0. The fraction of sp³-hybridized carbons (Fsp3) is 0.182. The fourth-order valence-electron chi connectivity index (χ4n) is 1.38. The number of nitrogens with zero attached hydrogens (tertiary/aromatic N) is 3. The van der Waals surface area contributed by atoms with E-state index in [2.05, 4.69) is 10.2 Å². The van der Waals surface area contributed by atoms with Crippen molar-refractivity contribution >= 4 is 17.6 Å². The number of carbonyl (C=O) groups excluding carboxylic acids is 1. The Morgan fingerprint density at radius 3 is 2.71 bits per heavy atom. The number of hydrogen-bond donors (Lipinski definition) is 0. The number of rotatable bonds is 3. The molecule has 0 saturated carbocycles. The van der Waals surface area contributed by atoms with Crippen molar-refractivity contribution in [1.29, 1.82) is 0 Å². The summed E-state index contributed by atoms with van der Waals surface area (Å²) in [4.78, 5) is 11.5. The highest BCUT2D eigenvalue weighted by molar-refractivity contribution is 6.32.